The monoisotopic (exact) mass is 343 g/mol. The topological polar surface area (TPSA) is 47.9 Å². The molecular formula is C19H15F2NO3. The van der Waals surface area contributed by atoms with E-state index in [-0.39, 0.29) is 17.3 Å². The van der Waals surface area contributed by atoms with Crippen molar-refractivity contribution in [2.24, 2.45) is 4.99 Å². The predicted octanol–water partition coefficient (Wildman–Crippen LogP) is 4.25. The van der Waals surface area contributed by atoms with Gasteiger partial charge in [-0.3, -0.25) is 0 Å². The lowest BCUT2D eigenvalue weighted by Crippen LogP contribution is -2.06. The molecule has 1 heterocycles. The van der Waals surface area contributed by atoms with Crippen LogP contribution in [0.3, 0.4) is 0 Å². The van der Waals surface area contributed by atoms with E-state index in [1.54, 1.807) is 18.2 Å². The molecule has 1 aliphatic heterocycles. The Morgan fingerprint density at radius 1 is 1.12 bits per heavy atom. The summed E-state index contributed by atoms with van der Waals surface area (Å²) in [4.78, 5) is 16.2. The SMILES string of the molecule is Cc1ccc(C2=N/C(=C/c3ccccc3OC(F)F)C(=O)O2)cc1C. The number of cyclic esters (lactones) is 1. The average molecular weight is 343 g/mol. The standard InChI is InChI=1S/C19H15F2NO3/c1-11-7-8-14(9-12(11)2)17-22-15(18(23)25-17)10-13-5-3-4-6-16(13)24-19(20)21/h3-10,19H,1-2H3/b15-10+. The minimum atomic E-state index is -2.95. The van der Waals surface area contributed by atoms with Crippen molar-refractivity contribution in [3.8, 4) is 5.75 Å². The fourth-order valence-electron chi connectivity index (χ4n) is 2.36. The smallest absolute Gasteiger partial charge is 0.387 e. The zero-order valence-corrected chi connectivity index (χ0v) is 13.6. The van der Waals surface area contributed by atoms with Gasteiger partial charge in [-0.1, -0.05) is 24.3 Å². The zero-order chi connectivity index (χ0) is 18.0. The fourth-order valence-corrected chi connectivity index (χ4v) is 2.36. The van der Waals surface area contributed by atoms with Crippen LogP contribution in [0.5, 0.6) is 5.75 Å². The van der Waals surface area contributed by atoms with Crippen LogP contribution in [0.1, 0.15) is 22.3 Å². The van der Waals surface area contributed by atoms with Crippen LogP contribution >= 0.6 is 0 Å². The molecule has 3 rings (SSSR count). The number of rotatable bonds is 4. The van der Waals surface area contributed by atoms with E-state index >= 15 is 0 Å². The summed E-state index contributed by atoms with van der Waals surface area (Å²) < 4.78 is 34.6. The lowest BCUT2D eigenvalue weighted by atomic mass is 10.1. The number of halogens is 2. The van der Waals surface area contributed by atoms with Gasteiger partial charge in [0.1, 0.15) is 5.75 Å². The molecule has 0 fully saturated rings. The van der Waals surface area contributed by atoms with Gasteiger partial charge in [-0.25, -0.2) is 9.79 Å². The highest BCUT2D eigenvalue weighted by Gasteiger charge is 2.25. The van der Waals surface area contributed by atoms with Crippen LogP contribution in [0, 0.1) is 13.8 Å². The van der Waals surface area contributed by atoms with Crippen LogP contribution in [0.25, 0.3) is 6.08 Å². The molecule has 0 amide bonds. The number of nitrogens with zero attached hydrogens (tertiary/aromatic N) is 1. The molecule has 4 nitrogen and oxygen atoms in total. The first kappa shape index (κ1) is 16.8. The van der Waals surface area contributed by atoms with Gasteiger partial charge in [-0.2, -0.15) is 8.78 Å². The number of aliphatic imine (C=N–C) groups is 1. The van der Waals surface area contributed by atoms with E-state index in [4.69, 9.17) is 4.74 Å². The molecule has 0 bridgehead atoms. The molecular weight excluding hydrogens is 328 g/mol. The first-order valence-electron chi connectivity index (χ1n) is 7.58. The second-order valence-electron chi connectivity index (χ2n) is 5.55. The van der Waals surface area contributed by atoms with E-state index in [9.17, 15) is 13.6 Å². The molecule has 25 heavy (non-hydrogen) atoms. The minimum Gasteiger partial charge on any atom is -0.434 e. The molecule has 0 aliphatic carbocycles. The zero-order valence-electron chi connectivity index (χ0n) is 13.6. The summed E-state index contributed by atoms with van der Waals surface area (Å²) in [6, 6.07) is 11.8. The Bertz CT molecular complexity index is 888. The molecule has 0 saturated heterocycles. The Kier molecular flexibility index (Phi) is 4.61. The highest BCUT2D eigenvalue weighted by Crippen LogP contribution is 2.26. The van der Waals surface area contributed by atoms with Crippen LogP contribution in [0.2, 0.25) is 0 Å². The van der Waals surface area contributed by atoms with E-state index in [1.807, 2.05) is 32.0 Å². The Hall–Kier alpha value is -3.02. The number of para-hydroxylation sites is 1. The van der Waals surface area contributed by atoms with Crippen molar-refractivity contribution in [2.75, 3.05) is 0 Å². The Morgan fingerprint density at radius 2 is 1.88 bits per heavy atom. The van der Waals surface area contributed by atoms with Gasteiger partial charge in [0.05, 0.1) is 0 Å². The van der Waals surface area contributed by atoms with Crippen molar-refractivity contribution in [3.05, 3.63) is 70.4 Å². The molecule has 2 aromatic carbocycles. The number of hydrogen-bond acceptors (Lipinski definition) is 4. The largest absolute Gasteiger partial charge is 0.434 e. The molecule has 0 spiro atoms. The third-order valence-corrected chi connectivity index (χ3v) is 3.80. The van der Waals surface area contributed by atoms with Crippen molar-refractivity contribution in [3.63, 3.8) is 0 Å². The van der Waals surface area contributed by atoms with Gasteiger partial charge >= 0.3 is 12.6 Å². The molecule has 0 aromatic heterocycles. The maximum Gasteiger partial charge on any atom is 0.387 e. The van der Waals surface area contributed by atoms with Gasteiger partial charge in [0, 0.05) is 11.1 Å². The predicted molar refractivity (Wildman–Crippen MR) is 89.6 cm³/mol. The maximum atomic E-state index is 12.5. The highest BCUT2D eigenvalue weighted by atomic mass is 19.3. The van der Waals surface area contributed by atoms with Crippen LogP contribution in [0.4, 0.5) is 8.78 Å². The van der Waals surface area contributed by atoms with Crippen molar-refractivity contribution < 1.29 is 23.0 Å². The van der Waals surface area contributed by atoms with Crippen molar-refractivity contribution in [2.45, 2.75) is 20.5 Å². The number of hydrogen-bond donors (Lipinski definition) is 0. The minimum absolute atomic E-state index is 0.0264. The molecule has 0 unspecified atom stereocenters. The number of benzene rings is 2. The quantitative estimate of drug-likeness (QED) is 0.616. The van der Waals surface area contributed by atoms with E-state index in [1.165, 1.54) is 12.1 Å². The van der Waals surface area contributed by atoms with E-state index < -0.39 is 12.6 Å². The lowest BCUT2D eigenvalue weighted by molar-refractivity contribution is -0.129. The second-order valence-corrected chi connectivity index (χ2v) is 5.55. The van der Waals surface area contributed by atoms with E-state index in [0.29, 0.717) is 11.1 Å². The molecule has 0 atom stereocenters. The number of esters is 1. The normalized spacial score (nSPS) is 15.5. The van der Waals surface area contributed by atoms with Gasteiger partial charge in [-0.15, -0.1) is 0 Å². The number of alkyl halides is 2. The number of carbonyl (C=O) groups excluding carboxylic acids is 1. The van der Waals surface area contributed by atoms with Gasteiger partial charge in [0.15, 0.2) is 5.70 Å². The number of carbonyl (C=O) groups is 1. The number of ether oxygens (including phenoxy) is 2. The fraction of sp³-hybridized carbons (Fsp3) is 0.158. The molecule has 0 N–H and O–H groups in total. The van der Waals surface area contributed by atoms with Crippen molar-refractivity contribution in [1.82, 2.24) is 0 Å². The average Bonchev–Trinajstić information content (AvgIpc) is 2.92. The Balaban J connectivity index is 1.95. The van der Waals surface area contributed by atoms with Crippen LogP contribution < -0.4 is 4.74 Å². The molecule has 1 aliphatic rings. The Morgan fingerprint density at radius 3 is 2.60 bits per heavy atom. The van der Waals surface area contributed by atoms with Crippen molar-refractivity contribution >= 4 is 17.9 Å². The van der Waals surface area contributed by atoms with Crippen LogP contribution in [-0.2, 0) is 9.53 Å². The van der Waals surface area contributed by atoms with Gasteiger partial charge in [0.25, 0.3) is 0 Å². The summed E-state index contributed by atoms with van der Waals surface area (Å²) in [6.07, 6.45) is 1.37. The van der Waals surface area contributed by atoms with E-state index in [2.05, 4.69) is 9.73 Å². The summed E-state index contributed by atoms with van der Waals surface area (Å²) in [5.74, 6) is -0.487. The van der Waals surface area contributed by atoms with E-state index in [0.717, 1.165) is 11.1 Å². The van der Waals surface area contributed by atoms with Crippen molar-refractivity contribution in [1.29, 1.82) is 0 Å². The van der Waals surface area contributed by atoms with Gasteiger partial charge < -0.3 is 9.47 Å². The van der Waals surface area contributed by atoms with Crippen LogP contribution in [-0.4, -0.2) is 18.5 Å². The molecule has 0 saturated carbocycles. The lowest BCUT2D eigenvalue weighted by Gasteiger charge is -2.07. The van der Waals surface area contributed by atoms with Crippen LogP contribution in [0.15, 0.2) is 53.2 Å². The highest BCUT2D eigenvalue weighted by molar-refractivity contribution is 6.13. The summed E-state index contributed by atoms with van der Waals surface area (Å²) in [7, 11) is 0. The maximum absolute atomic E-state index is 12.5. The first-order chi connectivity index (χ1) is 11.9. The molecule has 0 radical (unpaired) electrons. The molecule has 128 valence electrons. The summed E-state index contributed by atoms with van der Waals surface area (Å²) >= 11 is 0. The van der Waals surface area contributed by atoms with Gasteiger partial charge in [-0.05, 0) is 49.2 Å². The molecule has 6 heteroatoms. The summed E-state index contributed by atoms with van der Waals surface area (Å²) in [5, 5.41) is 0. The summed E-state index contributed by atoms with van der Waals surface area (Å²) in [5.41, 5.74) is 3.18. The Labute approximate surface area is 143 Å². The first-order valence-corrected chi connectivity index (χ1v) is 7.58. The molecule has 2 aromatic rings. The third kappa shape index (κ3) is 3.74. The third-order valence-electron chi connectivity index (χ3n) is 3.80. The number of aryl methyl sites for hydroxylation is 2. The van der Waals surface area contributed by atoms with Gasteiger partial charge in [0.2, 0.25) is 5.90 Å². The second kappa shape index (κ2) is 6.84. The summed E-state index contributed by atoms with van der Waals surface area (Å²) in [6.45, 7) is 0.974.